The van der Waals surface area contributed by atoms with Gasteiger partial charge in [0.15, 0.2) is 5.82 Å². The Morgan fingerprint density at radius 3 is 2.71 bits per heavy atom. The molecular formula is C21H23FN4O2. The Balaban J connectivity index is 1.80. The number of phenolic OH excluding ortho intramolecular Hbond substituents is 1. The maximum absolute atomic E-state index is 13.7. The molecule has 0 unspecified atom stereocenters. The number of rotatable bonds is 4. The number of hydrogen-bond acceptors (Lipinski definition) is 6. The second kappa shape index (κ2) is 7.00. The number of anilines is 1. The summed E-state index contributed by atoms with van der Waals surface area (Å²) in [5.74, 6) is 0.268. The molecule has 0 amide bonds. The van der Waals surface area contributed by atoms with E-state index < -0.39 is 11.4 Å². The zero-order valence-electron chi connectivity index (χ0n) is 15.8. The molecule has 1 aliphatic heterocycles. The lowest BCUT2D eigenvalue weighted by Crippen LogP contribution is -2.42. The first-order valence-electron chi connectivity index (χ1n) is 9.28. The van der Waals surface area contributed by atoms with Gasteiger partial charge in [0.25, 0.3) is 0 Å². The fraction of sp³-hybridized carbons (Fsp3) is 0.333. The summed E-state index contributed by atoms with van der Waals surface area (Å²) >= 11 is 0. The number of hydrogen-bond donors (Lipinski definition) is 4. The third kappa shape index (κ3) is 3.50. The highest BCUT2D eigenvalue weighted by atomic mass is 19.1. The Morgan fingerprint density at radius 2 is 1.93 bits per heavy atom. The van der Waals surface area contributed by atoms with Crippen LogP contribution in [-0.4, -0.2) is 44.9 Å². The smallest absolute Gasteiger partial charge is 0.165 e. The fourth-order valence-corrected chi connectivity index (χ4v) is 3.74. The van der Waals surface area contributed by atoms with Crippen molar-refractivity contribution in [2.24, 2.45) is 5.92 Å². The van der Waals surface area contributed by atoms with Gasteiger partial charge in [-0.05, 0) is 44.2 Å². The van der Waals surface area contributed by atoms with Gasteiger partial charge in [0, 0.05) is 30.4 Å². The van der Waals surface area contributed by atoms with E-state index >= 15 is 0 Å². The van der Waals surface area contributed by atoms with Gasteiger partial charge in [-0.25, -0.2) is 14.4 Å². The third-order valence-electron chi connectivity index (χ3n) is 5.25. The molecule has 1 aliphatic rings. The van der Waals surface area contributed by atoms with Crippen molar-refractivity contribution in [1.29, 1.82) is 0 Å². The zero-order valence-corrected chi connectivity index (χ0v) is 15.8. The highest BCUT2D eigenvalue weighted by molar-refractivity contribution is 5.91. The molecule has 6 nitrogen and oxygen atoms in total. The first-order valence-corrected chi connectivity index (χ1v) is 9.28. The van der Waals surface area contributed by atoms with Crippen molar-refractivity contribution in [2.75, 3.05) is 18.4 Å². The fourth-order valence-electron chi connectivity index (χ4n) is 3.74. The van der Waals surface area contributed by atoms with Crippen LogP contribution in [0.4, 0.5) is 10.2 Å². The van der Waals surface area contributed by atoms with Crippen LogP contribution in [0.15, 0.2) is 42.5 Å². The van der Waals surface area contributed by atoms with Crippen LogP contribution in [0.1, 0.15) is 13.8 Å². The van der Waals surface area contributed by atoms with Crippen LogP contribution in [0.25, 0.3) is 22.3 Å². The molecule has 146 valence electrons. The minimum atomic E-state index is -0.854. The number of aromatic hydroxyl groups is 1. The van der Waals surface area contributed by atoms with Gasteiger partial charge in [0.2, 0.25) is 0 Å². The van der Waals surface area contributed by atoms with Gasteiger partial charge in [0.1, 0.15) is 17.4 Å². The van der Waals surface area contributed by atoms with Gasteiger partial charge in [-0.1, -0.05) is 12.1 Å². The number of nitrogens with one attached hydrogen (secondary N) is 2. The molecule has 28 heavy (non-hydrogen) atoms. The first-order chi connectivity index (χ1) is 13.3. The topological polar surface area (TPSA) is 90.3 Å². The van der Waals surface area contributed by atoms with Crippen LogP contribution in [0, 0.1) is 11.7 Å². The summed E-state index contributed by atoms with van der Waals surface area (Å²) in [6.07, 6.45) is 0. The summed E-state index contributed by atoms with van der Waals surface area (Å²) in [5.41, 5.74) is 0.0648. The Hall–Kier alpha value is -2.77. The zero-order chi connectivity index (χ0) is 19.9. The molecule has 2 aromatic carbocycles. The van der Waals surface area contributed by atoms with Crippen LogP contribution in [-0.2, 0) is 0 Å². The Bertz CT molecular complexity index is 1020. The summed E-state index contributed by atoms with van der Waals surface area (Å²) in [7, 11) is 0. The summed E-state index contributed by atoms with van der Waals surface area (Å²) in [4.78, 5) is 9.10. The maximum Gasteiger partial charge on any atom is 0.165 e. The lowest BCUT2D eigenvalue weighted by molar-refractivity contribution is 0.0219. The average molecular weight is 382 g/mol. The van der Waals surface area contributed by atoms with Crippen LogP contribution < -0.4 is 10.6 Å². The molecule has 4 rings (SSSR count). The van der Waals surface area contributed by atoms with Gasteiger partial charge >= 0.3 is 0 Å². The summed E-state index contributed by atoms with van der Waals surface area (Å²) < 4.78 is 13.7. The molecule has 4 N–H and O–H groups in total. The number of aliphatic hydroxyl groups is 1. The molecule has 1 saturated heterocycles. The standard InChI is InChI=1S/C21H23FN4O2/c1-21(2,28)15-10-23-11-17(15)25-19-13-5-3-4-6-16(13)24-20(26-19)14-9-12(22)7-8-18(14)27/h3-9,15,17,23,27-28H,10-11H2,1-2H3,(H,24,25,26)/t15-,17-/m1/s1. The van der Waals surface area contributed by atoms with Gasteiger partial charge in [-0.15, -0.1) is 0 Å². The molecule has 0 radical (unpaired) electrons. The first kappa shape index (κ1) is 18.6. The number of benzene rings is 2. The Kier molecular flexibility index (Phi) is 4.64. The third-order valence-corrected chi connectivity index (χ3v) is 5.25. The number of para-hydroxylation sites is 1. The van der Waals surface area contributed by atoms with Crippen molar-refractivity contribution in [3.05, 3.63) is 48.3 Å². The lowest BCUT2D eigenvalue weighted by atomic mass is 9.87. The minimum absolute atomic E-state index is 0.00718. The van der Waals surface area contributed by atoms with E-state index in [1.54, 1.807) is 13.8 Å². The Morgan fingerprint density at radius 1 is 1.14 bits per heavy atom. The van der Waals surface area contributed by atoms with E-state index in [1.807, 2.05) is 24.3 Å². The number of fused-ring (bicyclic) bond motifs is 1. The minimum Gasteiger partial charge on any atom is -0.507 e. The Labute approximate surface area is 162 Å². The van der Waals surface area contributed by atoms with Crippen LogP contribution in [0.5, 0.6) is 5.75 Å². The highest BCUT2D eigenvalue weighted by Gasteiger charge is 2.38. The molecule has 1 fully saturated rings. The van der Waals surface area contributed by atoms with E-state index in [0.717, 1.165) is 5.39 Å². The molecular weight excluding hydrogens is 359 g/mol. The number of aromatic nitrogens is 2. The second-order valence-electron chi connectivity index (χ2n) is 7.74. The van der Waals surface area contributed by atoms with Crippen molar-refractivity contribution in [3.63, 3.8) is 0 Å². The van der Waals surface area contributed by atoms with Crippen LogP contribution in [0.3, 0.4) is 0 Å². The monoisotopic (exact) mass is 382 g/mol. The van der Waals surface area contributed by atoms with Crippen molar-refractivity contribution in [3.8, 4) is 17.1 Å². The van der Waals surface area contributed by atoms with Crippen molar-refractivity contribution in [1.82, 2.24) is 15.3 Å². The molecule has 0 bridgehead atoms. The van der Waals surface area contributed by atoms with Crippen molar-refractivity contribution in [2.45, 2.75) is 25.5 Å². The largest absolute Gasteiger partial charge is 0.507 e. The van der Waals surface area contributed by atoms with E-state index in [0.29, 0.717) is 24.4 Å². The normalized spacial score (nSPS) is 19.9. The quantitative estimate of drug-likeness (QED) is 0.555. The van der Waals surface area contributed by atoms with Gasteiger partial charge < -0.3 is 20.8 Å². The van der Waals surface area contributed by atoms with E-state index in [1.165, 1.54) is 18.2 Å². The summed E-state index contributed by atoms with van der Waals surface area (Å²) in [6.45, 7) is 4.98. The van der Waals surface area contributed by atoms with Crippen LogP contribution >= 0.6 is 0 Å². The molecule has 7 heteroatoms. The number of halogens is 1. The summed E-state index contributed by atoms with van der Waals surface area (Å²) in [5, 5.41) is 28.2. The summed E-state index contributed by atoms with van der Waals surface area (Å²) in [6, 6.07) is 11.2. The predicted octanol–water partition coefficient (Wildman–Crippen LogP) is 2.91. The SMILES string of the molecule is CC(C)(O)[C@@H]1CNC[C@H]1Nc1nc(-c2cc(F)ccc2O)nc2ccccc12. The van der Waals surface area contributed by atoms with E-state index in [9.17, 15) is 14.6 Å². The van der Waals surface area contributed by atoms with E-state index in [4.69, 9.17) is 0 Å². The van der Waals surface area contributed by atoms with Crippen molar-refractivity contribution < 1.29 is 14.6 Å². The number of phenols is 1. The predicted molar refractivity (Wildman–Crippen MR) is 107 cm³/mol. The molecule has 0 aliphatic carbocycles. The van der Waals surface area contributed by atoms with E-state index in [2.05, 4.69) is 20.6 Å². The highest BCUT2D eigenvalue weighted by Crippen LogP contribution is 2.32. The van der Waals surface area contributed by atoms with Crippen molar-refractivity contribution >= 4 is 16.7 Å². The van der Waals surface area contributed by atoms with Gasteiger partial charge in [-0.2, -0.15) is 0 Å². The molecule has 0 spiro atoms. The lowest BCUT2D eigenvalue weighted by Gasteiger charge is -2.31. The maximum atomic E-state index is 13.7. The van der Waals surface area contributed by atoms with Gasteiger partial charge in [0.05, 0.1) is 16.7 Å². The molecule has 2 heterocycles. The average Bonchev–Trinajstić information content (AvgIpc) is 3.12. The van der Waals surface area contributed by atoms with Crippen LogP contribution in [0.2, 0.25) is 0 Å². The molecule has 3 aromatic rings. The van der Waals surface area contributed by atoms with Gasteiger partial charge in [-0.3, -0.25) is 0 Å². The molecule has 2 atom stereocenters. The molecule has 0 saturated carbocycles. The molecule has 1 aromatic heterocycles. The van der Waals surface area contributed by atoms with E-state index in [-0.39, 0.29) is 29.1 Å². The second-order valence-corrected chi connectivity index (χ2v) is 7.74. The number of nitrogens with zero attached hydrogens (tertiary/aromatic N) is 2.